The van der Waals surface area contributed by atoms with Crippen molar-refractivity contribution in [2.75, 3.05) is 0 Å². The van der Waals surface area contributed by atoms with Crippen molar-refractivity contribution in [2.24, 2.45) is 5.73 Å². The minimum atomic E-state index is -0.935. The summed E-state index contributed by atoms with van der Waals surface area (Å²) in [6.45, 7) is 9.03. The molecule has 1 atom stereocenters. The first-order valence-corrected chi connectivity index (χ1v) is 7.26. The first-order valence-electron chi connectivity index (χ1n) is 7.26. The van der Waals surface area contributed by atoms with Crippen molar-refractivity contribution in [3.05, 3.63) is 34.9 Å². The van der Waals surface area contributed by atoms with Gasteiger partial charge in [-0.2, -0.15) is 0 Å². The first kappa shape index (κ1) is 15.0. The molecule has 0 aliphatic heterocycles. The van der Waals surface area contributed by atoms with Gasteiger partial charge in [-0.15, -0.1) is 0 Å². The summed E-state index contributed by atoms with van der Waals surface area (Å²) in [7, 11) is 0. The minimum Gasteiger partial charge on any atom is -0.480 e. The average molecular weight is 275 g/mol. The minimum absolute atomic E-state index is 0.0830. The zero-order valence-electron chi connectivity index (χ0n) is 12.9. The molecule has 1 aromatic carbocycles. The van der Waals surface area contributed by atoms with E-state index in [2.05, 4.69) is 33.8 Å². The largest absolute Gasteiger partial charge is 0.480 e. The van der Waals surface area contributed by atoms with Crippen LogP contribution in [0.15, 0.2) is 18.2 Å². The van der Waals surface area contributed by atoms with Crippen LogP contribution in [0.25, 0.3) is 0 Å². The van der Waals surface area contributed by atoms with E-state index in [-0.39, 0.29) is 10.8 Å². The number of carbonyl (C=O) groups is 1. The van der Waals surface area contributed by atoms with E-state index in [9.17, 15) is 4.79 Å². The fourth-order valence-corrected chi connectivity index (χ4v) is 3.34. The molecule has 0 aromatic heterocycles. The second-order valence-corrected chi connectivity index (χ2v) is 7.26. The van der Waals surface area contributed by atoms with Crippen molar-refractivity contribution in [1.82, 2.24) is 0 Å². The Morgan fingerprint density at radius 1 is 1.25 bits per heavy atom. The summed E-state index contributed by atoms with van der Waals surface area (Å²) in [5.41, 5.74) is 9.72. The molecule has 0 bridgehead atoms. The van der Waals surface area contributed by atoms with Crippen molar-refractivity contribution < 1.29 is 9.90 Å². The van der Waals surface area contributed by atoms with Gasteiger partial charge in [0.2, 0.25) is 0 Å². The van der Waals surface area contributed by atoms with E-state index in [1.807, 2.05) is 12.1 Å². The average Bonchev–Trinajstić information content (AvgIpc) is 2.35. The Hall–Kier alpha value is -1.35. The number of benzene rings is 1. The smallest absolute Gasteiger partial charge is 0.320 e. The number of hydrogen-bond acceptors (Lipinski definition) is 2. The van der Waals surface area contributed by atoms with Gasteiger partial charge in [-0.3, -0.25) is 4.79 Å². The summed E-state index contributed by atoms with van der Waals surface area (Å²) in [4.78, 5) is 11.0. The van der Waals surface area contributed by atoms with E-state index in [0.717, 1.165) is 18.4 Å². The summed E-state index contributed by atoms with van der Waals surface area (Å²) < 4.78 is 0. The second kappa shape index (κ2) is 4.88. The molecule has 1 aromatic rings. The topological polar surface area (TPSA) is 63.3 Å². The first-order chi connectivity index (χ1) is 9.15. The van der Waals surface area contributed by atoms with E-state index in [1.165, 1.54) is 11.1 Å². The molecule has 0 saturated carbocycles. The van der Waals surface area contributed by atoms with Crippen molar-refractivity contribution in [3.63, 3.8) is 0 Å². The Balaban J connectivity index is 2.53. The molecular formula is C17H25NO2. The SMILES string of the molecule is CC1(C)CCC(C)(C)c2c(CC(N)C(=O)O)cccc21. The lowest BCUT2D eigenvalue weighted by Gasteiger charge is -2.43. The number of fused-ring (bicyclic) bond motifs is 1. The van der Waals surface area contributed by atoms with Crippen molar-refractivity contribution in [1.29, 1.82) is 0 Å². The number of carboxylic acid groups (broad SMARTS) is 1. The zero-order chi connectivity index (χ0) is 15.1. The molecule has 1 aliphatic rings. The van der Waals surface area contributed by atoms with Gasteiger partial charge >= 0.3 is 5.97 Å². The quantitative estimate of drug-likeness (QED) is 0.891. The van der Waals surface area contributed by atoms with Crippen LogP contribution < -0.4 is 5.73 Å². The molecule has 3 heteroatoms. The second-order valence-electron chi connectivity index (χ2n) is 7.26. The van der Waals surface area contributed by atoms with Crippen molar-refractivity contribution in [3.8, 4) is 0 Å². The molecule has 20 heavy (non-hydrogen) atoms. The van der Waals surface area contributed by atoms with Crippen LogP contribution in [0.1, 0.15) is 57.2 Å². The Kier molecular flexibility index (Phi) is 3.67. The lowest BCUT2D eigenvalue weighted by Crippen LogP contribution is -2.37. The van der Waals surface area contributed by atoms with E-state index >= 15 is 0 Å². The third-order valence-corrected chi connectivity index (χ3v) is 4.69. The molecule has 1 aliphatic carbocycles. The van der Waals surface area contributed by atoms with E-state index in [0.29, 0.717) is 6.42 Å². The predicted molar refractivity (Wildman–Crippen MR) is 81.0 cm³/mol. The summed E-state index contributed by atoms with van der Waals surface area (Å²) in [6.07, 6.45) is 2.67. The monoisotopic (exact) mass is 275 g/mol. The Bertz CT molecular complexity index is 532. The van der Waals surface area contributed by atoms with Gasteiger partial charge in [0, 0.05) is 0 Å². The van der Waals surface area contributed by atoms with Crippen LogP contribution >= 0.6 is 0 Å². The highest BCUT2D eigenvalue weighted by Crippen LogP contribution is 2.47. The summed E-state index contributed by atoms with van der Waals surface area (Å²) >= 11 is 0. The maximum atomic E-state index is 11.0. The third kappa shape index (κ3) is 2.59. The van der Waals surface area contributed by atoms with Gasteiger partial charge in [0.05, 0.1) is 0 Å². The molecule has 0 saturated heterocycles. The Morgan fingerprint density at radius 3 is 2.45 bits per heavy atom. The van der Waals surface area contributed by atoms with E-state index in [1.54, 1.807) is 0 Å². The summed E-state index contributed by atoms with van der Waals surface area (Å²) in [6, 6.07) is 5.42. The molecule has 0 amide bonds. The number of nitrogens with two attached hydrogens (primary N) is 1. The normalized spacial score (nSPS) is 21.1. The standard InChI is InChI=1S/C17H25NO2/c1-16(2)8-9-17(3,4)14-11(6-5-7-12(14)16)10-13(18)15(19)20/h5-7,13H,8-10,18H2,1-4H3,(H,19,20). The Labute approximate surface area is 121 Å². The lowest BCUT2D eigenvalue weighted by atomic mass is 9.61. The highest BCUT2D eigenvalue weighted by Gasteiger charge is 2.38. The number of rotatable bonds is 3. The molecule has 0 spiro atoms. The van der Waals surface area contributed by atoms with Crippen LogP contribution in [0.5, 0.6) is 0 Å². The van der Waals surface area contributed by atoms with Crippen LogP contribution in [-0.4, -0.2) is 17.1 Å². The number of hydrogen-bond donors (Lipinski definition) is 2. The van der Waals surface area contributed by atoms with Gasteiger partial charge in [-0.25, -0.2) is 0 Å². The molecular weight excluding hydrogens is 250 g/mol. The summed E-state index contributed by atoms with van der Waals surface area (Å²) in [5, 5.41) is 9.06. The van der Waals surface area contributed by atoms with Gasteiger partial charge in [0.15, 0.2) is 0 Å². The fourth-order valence-electron chi connectivity index (χ4n) is 3.34. The van der Waals surface area contributed by atoms with Gasteiger partial charge in [0.25, 0.3) is 0 Å². The van der Waals surface area contributed by atoms with Gasteiger partial charge in [-0.05, 0) is 46.8 Å². The van der Waals surface area contributed by atoms with Gasteiger partial charge < -0.3 is 10.8 Å². The maximum absolute atomic E-state index is 11.0. The number of carboxylic acids is 1. The molecule has 0 radical (unpaired) electrons. The Morgan fingerprint density at radius 2 is 1.85 bits per heavy atom. The highest BCUT2D eigenvalue weighted by atomic mass is 16.4. The lowest BCUT2D eigenvalue weighted by molar-refractivity contribution is -0.138. The van der Waals surface area contributed by atoms with Crippen molar-refractivity contribution in [2.45, 2.75) is 63.8 Å². The molecule has 2 rings (SSSR count). The molecule has 3 nitrogen and oxygen atoms in total. The zero-order valence-corrected chi connectivity index (χ0v) is 12.9. The van der Waals surface area contributed by atoms with E-state index < -0.39 is 12.0 Å². The third-order valence-electron chi connectivity index (χ3n) is 4.69. The fraction of sp³-hybridized carbons (Fsp3) is 0.588. The van der Waals surface area contributed by atoms with Crippen LogP contribution in [-0.2, 0) is 22.0 Å². The van der Waals surface area contributed by atoms with Crippen LogP contribution in [0.2, 0.25) is 0 Å². The molecule has 0 heterocycles. The predicted octanol–water partition coefficient (Wildman–Crippen LogP) is 2.99. The molecule has 1 unspecified atom stereocenters. The van der Waals surface area contributed by atoms with Crippen LogP contribution in [0.3, 0.4) is 0 Å². The highest BCUT2D eigenvalue weighted by molar-refractivity contribution is 5.73. The molecule has 110 valence electrons. The number of aliphatic carboxylic acids is 1. The molecule has 0 fully saturated rings. The van der Waals surface area contributed by atoms with Crippen LogP contribution in [0.4, 0.5) is 0 Å². The van der Waals surface area contributed by atoms with Crippen LogP contribution in [0, 0.1) is 0 Å². The van der Waals surface area contributed by atoms with Crippen molar-refractivity contribution >= 4 is 5.97 Å². The maximum Gasteiger partial charge on any atom is 0.320 e. The molecule has 3 N–H and O–H groups in total. The van der Waals surface area contributed by atoms with Gasteiger partial charge in [0.1, 0.15) is 6.04 Å². The van der Waals surface area contributed by atoms with E-state index in [4.69, 9.17) is 10.8 Å². The van der Waals surface area contributed by atoms with Gasteiger partial charge in [-0.1, -0.05) is 45.9 Å². The summed E-state index contributed by atoms with van der Waals surface area (Å²) in [5.74, 6) is -0.935.